The predicted octanol–water partition coefficient (Wildman–Crippen LogP) is 2.35. The molecule has 1 aliphatic heterocycles. The Morgan fingerprint density at radius 1 is 1.17 bits per heavy atom. The van der Waals surface area contributed by atoms with Crippen molar-refractivity contribution in [2.24, 2.45) is 0 Å². The largest absolute Gasteiger partial charge is 0.350 e. The second kappa shape index (κ2) is 7.37. The van der Waals surface area contributed by atoms with Crippen molar-refractivity contribution in [3.8, 4) is 0 Å². The van der Waals surface area contributed by atoms with Crippen LogP contribution in [-0.4, -0.2) is 41.3 Å². The van der Waals surface area contributed by atoms with Crippen molar-refractivity contribution in [2.75, 3.05) is 19.6 Å². The number of likely N-dealkylation sites (tertiary alicyclic amines) is 1. The van der Waals surface area contributed by atoms with Gasteiger partial charge in [-0.25, -0.2) is 4.98 Å². The van der Waals surface area contributed by atoms with Crippen LogP contribution in [0.2, 0.25) is 0 Å². The number of aromatic nitrogens is 1. The summed E-state index contributed by atoms with van der Waals surface area (Å²) in [6.07, 6.45) is 2.87. The first kappa shape index (κ1) is 15.7. The molecule has 0 radical (unpaired) electrons. The van der Waals surface area contributed by atoms with Crippen LogP contribution in [0.4, 0.5) is 0 Å². The summed E-state index contributed by atoms with van der Waals surface area (Å²) in [6.45, 7) is 2.13. The van der Waals surface area contributed by atoms with Gasteiger partial charge < -0.3 is 10.2 Å². The molecular formula is C17H19N3O2S. The number of carbonyl (C=O) groups is 2. The Morgan fingerprint density at radius 3 is 2.65 bits per heavy atom. The van der Waals surface area contributed by atoms with Gasteiger partial charge in [0.1, 0.15) is 5.69 Å². The Labute approximate surface area is 139 Å². The molecule has 120 valence electrons. The van der Waals surface area contributed by atoms with E-state index in [-0.39, 0.29) is 11.8 Å². The van der Waals surface area contributed by atoms with Crippen molar-refractivity contribution >= 4 is 23.2 Å². The summed E-state index contributed by atoms with van der Waals surface area (Å²) in [5.41, 5.74) is 1.50. The molecule has 5 nitrogen and oxygen atoms in total. The summed E-state index contributed by atoms with van der Waals surface area (Å²) in [5.74, 6) is -0.284. The number of amides is 2. The van der Waals surface area contributed by atoms with E-state index in [4.69, 9.17) is 0 Å². The second-order valence-electron chi connectivity index (χ2n) is 5.53. The Balaban J connectivity index is 1.52. The fourth-order valence-corrected chi connectivity index (χ4v) is 3.35. The van der Waals surface area contributed by atoms with Gasteiger partial charge in [-0.05, 0) is 24.8 Å². The molecule has 0 spiro atoms. The van der Waals surface area contributed by atoms with Crippen LogP contribution in [0.25, 0.3) is 0 Å². The van der Waals surface area contributed by atoms with Gasteiger partial charge in [-0.1, -0.05) is 30.3 Å². The van der Waals surface area contributed by atoms with Crippen LogP contribution >= 0.6 is 11.3 Å². The maximum atomic E-state index is 12.2. The highest BCUT2D eigenvalue weighted by Gasteiger charge is 2.23. The van der Waals surface area contributed by atoms with Gasteiger partial charge in [0.2, 0.25) is 0 Å². The van der Waals surface area contributed by atoms with E-state index in [0.29, 0.717) is 17.2 Å². The molecule has 0 unspecified atom stereocenters. The van der Waals surface area contributed by atoms with Crippen molar-refractivity contribution in [2.45, 2.75) is 19.3 Å². The van der Waals surface area contributed by atoms with E-state index in [0.717, 1.165) is 32.4 Å². The highest BCUT2D eigenvalue weighted by molar-refractivity contribution is 7.11. The highest BCUT2D eigenvalue weighted by atomic mass is 32.1. The zero-order valence-corrected chi connectivity index (χ0v) is 13.6. The summed E-state index contributed by atoms with van der Waals surface area (Å²) < 4.78 is 0. The minimum Gasteiger partial charge on any atom is -0.350 e. The molecule has 23 heavy (non-hydrogen) atoms. The molecule has 1 fully saturated rings. The molecule has 6 heteroatoms. The maximum Gasteiger partial charge on any atom is 0.282 e. The smallest absolute Gasteiger partial charge is 0.282 e. The minimum atomic E-state index is -0.224. The molecule has 2 amide bonds. The van der Waals surface area contributed by atoms with Gasteiger partial charge in [0.15, 0.2) is 5.01 Å². The first-order chi connectivity index (χ1) is 11.2. The van der Waals surface area contributed by atoms with Crippen LogP contribution in [0.1, 0.15) is 38.7 Å². The first-order valence-corrected chi connectivity index (χ1v) is 8.69. The number of hydrogen-bond donors (Lipinski definition) is 1. The summed E-state index contributed by atoms with van der Waals surface area (Å²) in [4.78, 5) is 30.3. The molecule has 3 rings (SSSR count). The SMILES string of the molecule is O=C(NCCc1ccccc1)c1csc(C(=O)N2CCCC2)n1. The summed E-state index contributed by atoms with van der Waals surface area (Å²) in [5, 5.41) is 4.91. The van der Waals surface area contributed by atoms with Crippen LogP contribution in [0, 0.1) is 0 Å². The number of nitrogens with zero attached hydrogens (tertiary/aromatic N) is 2. The van der Waals surface area contributed by atoms with Crippen molar-refractivity contribution in [3.63, 3.8) is 0 Å². The van der Waals surface area contributed by atoms with Gasteiger partial charge >= 0.3 is 0 Å². The number of thiazole rings is 1. The Hall–Kier alpha value is -2.21. The monoisotopic (exact) mass is 329 g/mol. The summed E-state index contributed by atoms with van der Waals surface area (Å²) in [7, 11) is 0. The lowest BCUT2D eigenvalue weighted by molar-refractivity contribution is 0.0792. The molecule has 2 aromatic rings. The zero-order valence-electron chi connectivity index (χ0n) is 12.8. The third kappa shape index (κ3) is 3.96. The average molecular weight is 329 g/mol. The molecule has 1 N–H and O–H groups in total. The van der Waals surface area contributed by atoms with E-state index in [1.54, 1.807) is 10.3 Å². The molecule has 1 aromatic carbocycles. The Bertz CT molecular complexity index is 678. The summed E-state index contributed by atoms with van der Waals surface area (Å²) >= 11 is 1.24. The lowest BCUT2D eigenvalue weighted by Gasteiger charge is -2.12. The summed E-state index contributed by atoms with van der Waals surface area (Å²) in [6, 6.07) is 9.99. The van der Waals surface area contributed by atoms with E-state index in [9.17, 15) is 9.59 Å². The molecule has 0 atom stereocenters. The van der Waals surface area contributed by atoms with Gasteiger partial charge in [0.05, 0.1) is 0 Å². The second-order valence-corrected chi connectivity index (χ2v) is 6.39. The topological polar surface area (TPSA) is 62.3 Å². The van der Waals surface area contributed by atoms with Crippen molar-refractivity contribution in [1.82, 2.24) is 15.2 Å². The molecule has 0 saturated carbocycles. The van der Waals surface area contributed by atoms with Crippen LogP contribution in [-0.2, 0) is 6.42 Å². The van der Waals surface area contributed by atoms with Gasteiger partial charge in [-0.15, -0.1) is 11.3 Å². The molecular weight excluding hydrogens is 310 g/mol. The van der Waals surface area contributed by atoms with E-state index < -0.39 is 0 Å². The molecule has 1 aromatic heterocycles. The molecule has 0 bridgehead atoms. The zero-order chi connectivity index (χ0) is 16.1. The van der Waals surface area contributed by atoms with Crippen molar-refractivity contribution in [1.29, 1.82) is 0 Å². The van der Waals surface area contributed by atoms with Crippen LogP contribution in [0.5, 0.6) is 0 Å². The quantitative estimate of drug-likeness (QED) is 0.916. The number of hydrogen-bond acceptors (Lipinski definition) is 4. The fraction of sp³-hybridized carbons (Fsp3) is 0.353. The Kier molecular flexibility index (Phi) is 5.02. The predicted molar refractivity (Wildman–Crippen MR) is 89.7 cm³/mol. The third-order valence-electron chi connectivity index (χ3n) is 3.86. The van der Waals surface area contributed by atoms with Crippen molar-refractivity contribution in [3.05, 3.63) is 52.0 Å². The number of carbonyl (C=O) groups excluding carboxylic acids is 2. The fourth-order valence-electron chi connectivity index (χ4n) is 2.59. The minimum absolute atomic E-state index is 0.0594. The maximum absolute atomic E-state index is 12.2. The highest BCUT2D eigenvalue weighted by Crippen LogP contribution is 2.16. The van der Waals surface area contributed by atoms with E-state index in [1.165, 1.54) is 16.9 Å². The van der Waals surface area contributed by atoms with Gasteiger partial charge in [0, 0.05) is 25.0 Å². The van der Waals surface area contributed by atoms with E-state index in [1.807, 2.05) is 30.3 Å². The van der Waals surface area contributed by atoms with Crippen molar-refractivity contribution < 1.29 is 9.59 Å². The van der Waals surface area contributed by atoms with Gasteiger partial charge in [-0.2, -0.15) is 0 Å². The average Bonchev–Trinajstić information content (AvgIpc) is 3.27. The molecule has 0 aliphatic carbocycles. The van der Waals surface area contributed by atoms with Gasteiger partial charge in [0.25, 0.3) is 11.8 Å². The van der Waals surface area contributed by atoms with Crippen LogP contribution in [0.15, 0.2) is 35.7 Å². The number of benzene rings is 1. The number of rotatable bonds is 5. The van der Waals surface area contributed by atoms with Crippen LogP contribution in [0.3, 0.4) is 0 Å². The molecule has 1 aliphatic rings. The number of nitrogens with one attached hydrogen (secondary N) is 1. The van der Waals surface area contributed by atoms with Gasteiger partial charge in [-0.3, -0.25) is 9.59 Å². The molecule has 1 saturated heterocycles. The van der Waals surface area contributed by atoms with E-state index >= 15 is 0 Å². The lowest BCUT2D eigenvalue weighted by Crippen LogP contribution is -2.28. The standard InChI is InChI=1S/C17H19N3O2S/c21-15(18-9-8-13-6-2-1-3-7-13)14-12-23-16(19-14)17(22)20-10-4-5-11-20/h1-3,6-7,12H,4-5,8-11H2,(H,18,21). The first-order valence-electron chi connectivity index (χ1n) is 7.81. The lowest BCUT2D eigenvalue weighted by atomic mass is 10.1. The third-order valence-corrected chi connectivity index (χ3v) is 4.69. The normalized spacial score (nSPS) is 14.0. The van der Waals surface area contributed by atoms with E-state index in [2.05, 4.69) is 10.3 Å². The Morgan fingerprint density at radius 2 is 1.91 bits per heavy atom. The molecule has 2 heterocycles. The van der Waals surface area contributed by atoms with Crippen LogP contribution < -0.4 is 5.32 Å².